The number of morpholine rings is 1. The lowest BCUT2D eigenvalue weighted by Crippen LogP contribution is -2.53. The largest absolute Gasteiger partial charge is 0.481 e. The van der Waals surface area contributed by atoms with E-state index in [1.54, 1.807) is 0 Å². The highest BCUT2D eigenvalue weighted by atomic mass is 16.5. The topological polar surface area (TPSA) is 49.8 Å². The molecule has 1 heterocycles. The van der Waals surface area contributed by atoms with Gasteiger partial charge in [-0.3, -0.25) is 9.69 Å². The zero-order chi connectivity index (χ0) is 11.5. The van der Waals surface area contributed by atoms with E-state index in [1.807, 2.05) is 0 Å². The first-order valence-electron chi connectivity index (χ1n) is 6.31. The van der Waals surface area contributed by atoms with Gasteiger partial charge in [0.2, 0.25) is 0 Å². The van der Waals surface area contributed by atoms with Crippen LogP contribution in [0.2, 0.25) is 0 Å². The lowest BCUT2D eigenvalue weighted by molar-refractivity contribution is -0.140. The maximum atomic E-state index is 10.8. The van der Waals surface area contributed by atoms with Gasteiger partial charge in [-0.25, -0.2) is 0 Å². The molecule has 1 saturated heterocycles. The van der Waals surface area contributed by atoms with E-state index in [1.165, 1.54) is 12.8 Å². The molecule has 0 radical (unpaired) electrons. The first-order chi connectivity index (χ1) is 7.72. The second kappa shape index (κ2) is 5.15. The highest BCUT2D eigenvalue weighted by Gasteiger charge is 2.38. The van der Waals surface area contributed by atoms with Gasteiger partial charge in [0, 0.05) is 18.6 Å². The summed E-state index contributed by atoms with van der Waals surface area (Å²) >= 11 is 0. The molecular weight excluding hydrogens is 206 g/mol. The summed E-state index contributed by atoms with van der Waals surface area (Å²) < 4.78 is 5.74. The number of hydrogen-bond donors (Lipinski definition) is 1. The highest BCUT2D eigenvalue weighted by molar-refractivity contribution is 5.67. The maximum Gasteiger partial charge on any atom is 0.304 e. The van der Waals surface area contributed by atoms with Gasteiger partial charge in [0.15, 0.2) is 0 Å². The molecule has 4 nitrogen and oxygen atoms in total. The van der Waals surface area contributed by atoms with Gasteiger partial charge in [-0.05, 0) is 25.7 Å². The third kappa shape index (κ3) is 2.38. The van der Waals surface area contributed by atoms with Crippen molar-refractivity contribution in [3.63, 3.8) is 0 Å². The molecule has 2 fully saturated rings. The van der Waals surface area contributed by atoms with Crippen molar-refractivity contribution in [3.8, 4) is 0 Å². The fourth-order valence-electron chi connectivity index (χ4n) is 3.11. The van der Waals surface area contributed by atoms with Crippen molar-refractivity contribution < 1.29 is 14.6 Å². The number of aliphatic carboxylic acids is 1. The minimum Gasteiger partial charge on any atom is -0.481 e. The minimum atomic E-state index is -0.687. The van der Waals surface area contributed by atoms with Crippen molar-refractivity contribution in [3.05, 3.63) is 0 Å². The molecule has 4 heteroatoms. The van der Waals surface area contributed by atoms with Crippen LogP contribution in [-0.4, -0.2) is 47.3 Å². The van der Waals surface area contributed by atoms with Crippen LogP contribution in [0, 0.1) is 0 Å². The summed E-state index contributed by atoms with van der Waals surface area (Å²) in [7, 11) is 0. The summed E-state index contributed by atoms with van der Waals surface area (Å²) in [5, 5.41) is 8.93. The Labute approximate surface area is 96.6 Å². The van der Waals surface area contributed by atoms with E-state index < -0.39 is 5.97 Å². The van der Waals surface area contributed by atoms with Crippen LogP contribution in [0.3, 0.4) is 0 Å². The molecule has 1 saturated carbocycles. The standard InChI is InChI=1S/C12H21NO3/c1-2-9(8-12(14)15)13-6-7-16-11-5-3-4-10(11)13/h9-11H,2-8H2,1H3,(H,14,15). The third-order valence-corrected chi connectivity index (χ3v) is 3.88. The molecule has 3 unspecified atom stereocenters. The first-order valence-corrected chi connectivity index (χ1v) is 6.31. The van der Waals surface area contributed by atoms with Gasteiger partial charge in [-0.1, -0.05) is 6.92 Å². The maximum absolute atomic E-state index is 10.8. The lowest BCUT2D eigenvalue weighted by Gasteiger charge is -2.42. The molecule has 0 amide bonds. The predicted octanol–water partition coefficient (Wildman–Crippen LogP) is 1.49. The molecule has 0 spiro atoms. The van der Waals surface area contributed by atoms with Crippen LogP contribution in [0.5, 0.6) is 0 Å². The number of ether oxygens (including phenoxy) is 1. The summed E-state index contributed by atoms with van der Waals surface area (Å²) in [6.45, 7) is 3.73. The summed E-state index contributed by atoms with van der Waals surface area (Å²) in [5.74, 6) is -0.687. The Morgan fingerprint density at radius 2 is 2.38 bits per heavy atom. The van der Waals surface area contributed by atoms with Crippen LogP contribution in [0.15, 0.2) is 0 Å². The predicted molar refractivity (Wildman–Crippen MR) is 60.4 cm³/mol. The Morgan fingerprint density at radius 3 is 3.06 bits per heavy atom. The number of hydrogen-bond acceptors (Lipinski definition) is 3. The SMILES string of the molecule is CCC(CC(=O)O)N1CCOC2CCCC21. The van der Waals surface area contributed by atoms with Crippen LogP contribution in [-0.2, 0) is 9.53 Å². The molecule has 0 bridgehead atoms. The molecular formula is C12H21NO3. The Bertz CT molecular complexity index is 257. The van der Waals surface area contributed by atoms with Gasteiger partial charge < -0.3 is 9.84 Å². The quantitative estimate of drug-likeness (QED) is 0.790. The van der Waals surface area contributed by atoms with E-state index in [4.69, 9.17) is 9.84 Å². The molecule has 2 rings (SSSR count). The van der Waals surface area contributed by atoms with Gasteiger partial charge >= 0.3 is 5.97 Å². The van der Waals surface area contributed by atoms with Crippen molar-refractivity contribution in [1.82, 2.24) is 4.90 Å². The highest BCUT2D eigenvalue weighted by Crippen LogP contribution is 2.32. The Balaban J connectivity index is 2.02. The second-order valence-corrected chi connectivity index (χ2v) is 4.81. The summed E-state index contributed by atoms with van der Waals surface area (Å²) in [5.41, 5.74) is 0. The lowest BCUT2D eigenvalue weighted by atomic mass is 10.0. The fourth-order valence-corrected chi connectivity index (χ4v) is 3.11. The van der Waals surface area contributed by atoms with Crippen LogP contribution in [0.25, 0.3) is 0 Å². The number of fused-ring (bicyclic) bond motifs is 1. The molecule has 2 aliphatic rings. The van der Waals surface area contributed by atoms with Gasteiger partial charge in [0.25, 0.3) is 0 Å². The number of rotatable bonds is 4. The molecule has 1 aliphatic heterocycles. The number of carboxylic acids is 1. The molecule has 1 N–H and O–H groups in total. The summed E-state index contributed by atoms with van der Waals surface area (Å²) in [6.07, 6.45) is 5.06. The minimum absolute atomic E-state index is 0.187. The van der Waals surface area contributed by atoms with E-state index in [2.05, 4.69) is 11.8 Å². The van der Waals surface area contributed by atoms with Crippen molar-refractivity contribution in [2.75, 3.05) is 13.2 Å². The Morgan fingerprint density at radius 1 is 1.56 bits per heavy atom. The van der Waals surface area contributed by atoms with Crippen molar-refractivity contribution in [1.29, 1.82) is 0 Å². The summed E-state index contributed by atoms with van der Waals surface area (Å²) in [4.78, 5) is 13.2. The molecule has 16 heavy (non-hydrogen) atoms. The van der Waals surface area contributed by atoms with Crippen LogP contribution in [0.4, 0.5) is 0 Å². The average molecular weight is 227 g/mol. The van der Waals surface area contributed by atoms with Crippen LogP contribution in [0.1, 0.15) is 39.0 Å². The van der Waals surface area contributed by atoms with Gasteiger partial charge in [-0.15, -0.1) is 0 Å². The van der Waals surface area contributed by atoms with Crippen molar-refractivity contribution in [2.45, 2.75) is 57.2 Å². The molecule has 0 aromatic rings. The Kier molecular flexibility index (Phi) is 3.82. The fraction of sp³-hybridized carbons (Fsp3) is 0.917. The zero-order valence-electron chi connectivity index (χ0n) is 9.89. The van der Waals surface area contributed by atoms with Gasteiger partial charge in [-0.2, -0.15) is 0 Å². The van der Waals surface area contributed by atoms with Gasteiger partial charge in [0.1, 0.15) is 0 Å². The zero-order valence-corrected chi connectivity index (χ0v) is 9.89. The number of nitrogens with zero attached hydrogens (tertiary/aromatic N) is 1. The molecule has 3 atom stereocenters. The van der Waals surface area contributed by atoms with E-state index in [0.717, 1.165) is 26.0 Å². The monoisotopic (exact) mass is 227 g/mol. The first kappa shape index (κ1) is 11.9. The molecule has 92 valence electrons. The van der Waals surface area contributed by atoms with E-state index in [9.17, 15) is 4.79 Å². The van der Waals surface area contributed by atoms with E-state index in [0.29, 0.717) is 12.1 Å². The van der Waals surface area contributed by atoms with Gasteiger partial charge in [0.05, 0.1) is 19.1 Å². The third-order valence-electron chi connectivity index (χ3n) is 3.88. The molecule has 0 aromatic carbocycles. The van der Waals surface area contributed by atoms with Crippen LogP contribution < -0.4 is 0 Å². The van der Waals surface area contributed by atoms with Crippen molar-refractivity contribution in [2.24, 2.45) is 0 Å². The second-order valence-electron chi connectivity index (χ2n) is 4.81. The van der Waals surface area contributed by atoms with E-state index in [-0.39, 0.29) is 12.5 Å². The van der Waals surface area contributed by atoms with Crippen molar-refractivity contribution >= 4 is 5.97 Å². The summed E-state index contributed by atoms with van der Waals surface area (Å²) in [6, 6.07) is 0.657. The molecule has 0 aromatic heterocycles. The normalized spacial score (nSPS) is 32.3. The number of carbonyl (C=O) groups is 1. The van der Waals surface area contributed by atoms with E-state index >= 15 is 0 Å². The smallest absolute Gasteiger partial charge is 0.304 e. The number of carboxylic acid groups (broad SMARTS) is 1. The molecule has 1 aliphatic carbocycles. The Hall–Kier alpha value is -0.610. The van der Waals surface area contributed by atoms with Crippen LogP contribution >= 0.6 is 0 Å². The average Bonchev–Trinajstić information content (AvgIpc) is 2.73.